The molecule has 1 aromatic heterocycles. The second-order valence-electron chi connectivity index (χ2n) is 7.05. The van der Waals surface area contributed by atoms with Crippen LogP contribution in [0.4, 0.5) is 0 Å². The molecule has 3 aliphatic rings. The van der Waals surface area contributed by atoms with Crippen molar-refractivity contribution in [3.63, 3.8) is 0 Å². The van der Waals surface area contributed by atoms with Crippen LogP contribution in [0.25, 0.3) is 0 Å². The Morgan fingerprint density at radius 2 is 1.96 bits per heavy atom. The molecule has 0 bridgehead atoms. The first-order valence-corrected chi connectivity index (χ1v) is 11.3. The first-order valence-electron chi connectivity index (χ1n) is 8.48. The van der Waals surface area contributed by atoms with Gasteiger partial charge in [-0.25, -0.2) is 8.42 Å². The third-order valence-corrected chi connectivity index (χ3v) is 7.72. The summed E-state index contributed by atoms with van der Waals surface area (Å²) in [6.07, 6.45) is 4.89. The van der Waals surface area contributed by atoms with Gasteiger partial charge in [0, 0.05) is 25.0 Å². The van der Waals surface area contributed by atoms with E-state index >= 15 is 0 Å². The standard InChI is InChI=1S/C15H22N4O3S2/c1-18-14(10-2-3-10)16-17-15(18)23-8-13(20)19(11-4-5-11)12-6-7-24(21,22)9-12/h10-12H,2-9H2,1H3/t12-/m0/s1. The quantitative estimate of drug-likeness (QED) is 0.694. The smallest absolute Gasteiger partial charge is 0.233 e. The van der Waals surface area contributed by atoms with Crippen molar-refractivity contribution < 1.29 is 13.2 Å². The van der Waals surface area contributed by atoms with Gasteiger partial charge >= 0.3 is 0 Å². The Bertz CT molecular complexity index is 753. The van der Waals surface area contributed by atoms with Crippen LogP contribution in [0.3, 0.4) is 0 Å². The minimum Gasteiger partial charge on any atom is -0.335 e. The lowest BCUT2D eigenvalue weighted by Gasteiger charge is -2.28. The van der Waals surface area contributed by atoms with Crippen LogP contribution in [0.1, 0.15) is 43.8 Å². The van der Waals surface area contributed by atoms with Crippen LogP contribution in [-0.4, -0.2) is 63.3 Å². The molecule has 24 heavy (non-hydrogen) atoms. The Hall–Kier alpha value is -1.09. The predicted octanol–water partition coefficient (Wildman–Crippen LogP) is 0.963. The molecule has 0 aromatic carbocycles. The second kappa shape index (κ2) is 6.01. The van der Waals surface area contributed by atoms with Crippen LogP contribution in [0.2, 0.25) is 0 Å². The number of nitrogens with zero attached hydrogens (tertiary/aromatic N) is 4. The topological polar surface area (TPSA) is 85.2 Å². The second-order valence-corrected chi connectivity index (χ2v) is 10.2. The van der Waals surface area contributed by atoms with E-state index in [1.165, 1.54) is 24.6 Å². The molecule has 1 atom stereocenters. The maximum atomic E-state index is 12.7. The highest BCUT2D eigenvalue weighted by Gasteiger charge is 2.42. The molecule has 1 aromatic rings. The maximum absolute atomic E-state index is 12.7. The molecule has 3 fully saturated rings. The summed E-state index contributed by atoms with van der Waals surface area (Å²) in [5.41, 5.74) is 0. The summed E-state index contributed by atoms with van der Waals surface area (Å²) in [6, 6.07) is 0.0926. The van der Waals surface area contributed by atoms with Crippen LogP contribution < -0.4 is 0 Å². The van der Waals surface area contributed by atoms with Crippen molar-refractivity contribution in [3.05, 3.63) is 5.82 Å². The van der Waals surface area contributed by atoms with Crippen molar-refractivity contribution in [1.29, 1.82) is 0 Å². The lowest BCUT2D eigenvalue weighted by molar-refractivity contribution is -0.130. The van der Waals surface area contributed by atoms with Crippen molar-refractivity contribution in [1.82, 2.24) is 19.7 Å². The molecule has 132 valence electrons. The highest BCUT2D eigenvalue weighted by atomic mass is 32.2. The van der Waals surface area contributed by atoms with Crippen molar-refractivity contribution in [2.45, 2.75) is 55.3 Å². The van der Waals surface area contributed by atoms with Gasteiger partial charge in [-0.15, -0.1) is 10.2 Å². The molecule has 7 nitrogen and oxygen atoms in total. The fraction of sp³-hybridized carbons (Fsp3) is 0.800. The molecule has 1 amide bonds. The Kier molecular flexibility index (Phi) is 4.11. The van der Waals surface area contributed by atoms with Gasteiger partial charge in [-0.3, -0.25) is 4.79 Å². The third-order valence-electron chi connectivity index (χ3n) is 4.97. The van der Waals surface area contributed by atoms with E-state index in [4.69, 9.17) is 0 Å². The Balaban J connectivity index is 1.40. The van der Waals surface area contributed by atoms with Gasteiger partial charge in [-0.1, -0.05) is 11.8 Å². The minimum atomic E-state index is -2.98. The molecule has 9 heteroatoms. The molecule has 0 radical (unpaired) electrons. The zero-order valence-corrected chi connectivity index (χ0v) is 15.4. The lowest BCUT2D eigenvalue weighted by Crippen LogP contribution is -2.43. The number of aromatic nitrogens is 3. The van der Waals surface area contributed by atoms with Gasteiger partial charge in [0.1, 0.15) is 5.82 Å². The lowest BCUT2D eigenvalue weighted by atomic mass is 10.2. The van der Waals surface area contributed by atoms with E-state index in [9.17, 15) is 13.2 Å². The number of hydrogen-bond acceptors (Lipinski definition) is 6. The molecule has 4 rings (SSSR count). The summed E-state index contributed by atoms with van der Waals surface area (Å²) in [6.45, 7) is 0. The molecule has 0 spiro atoms. The summed E-state index contributed by atoms with van der Waals surface area (Å²) >= 11 is 1.40. The van der Waals surface area contributed by atoms with Gasteiger partial charge in [0.2, 0.25) is 5.91 Å². The molecule has 1 aliphatic heterocycles. The van der Waals surface area contributed by atoms with Gasteiger partial charge in [-0.2, -0.15) is 0 Å². The van der Waals surface area contributed by atoms with Gasteiger partial charge in [0.15, 0.2) is 15.0 Å². The van der Waals surface area contributed by atoms with E-state index in [2.05, 4.69) is 10.2 Å². The minimum absolute atomic E-state index is 0.0283. The predicted molar refractivity (Wildman–Crippen MR) is 90.6 cm³/mol. The van der Waals surface area contributed by atoms with E-state index < -0.39 is 9.84 Å². The van der Waals surface area contributed by atoms with Gasteiger partial charge < -0.3 is 9.47 Å². The first kappa shape index (κ1) is 16.4. The van der Waals surface area contributed by atoms with Crippen molar-refractivity contribution in [2.75, 3.05) is 17.3 Å². The first-order chi connectivity index (χ1) is 11.4. The fourth-order valence-corrected chi connectivity index (χ4v) is 5.90. The van der Waals surface area contributed by atoms with Gasteiger partial charge in [-0.05, 0) is 32.1 Å². The summed E-state index contributed by atoms with van der Waals surface area (Å²) in [4.78, 5) is 14.6. The van der Waals surface area contributed by atoms with E-state index in [0.29, 0.717) is 18.1 Å². The highest BCUT2D eigenvalue weighted by Crippen LogP contribution is 2.39. The fourth-order valence-electron chi connectivity index (χ4n) is 3.40. The van der Waals surface area contributed by atoms with Crippen LogP contribution in [0.5, 0.6) is 0 Å². The Morgan fingerprint density at radius 3 is 2.54 bits per heavy atom. The normalized spacial score (nSPS) is 25.8. The highest BCUT2D eigenvalue weighted by molar-refractivity contribution is 7.99. The Labute approximate surface area is 146 Å². The van der Waals surface area contributed by atoms with Crippen LogP contribution in [0.15, 0.2) is 5.16 Å². The van der Waals surface area contributed by atoms with Crippen molar-refractivity contribution in [3.8, 4) is 0 Å². The molecule has 0 N–H and O–H groups in total. The number of sulfone groups is 1. The number of hydrogen-bond donors (Lipinski definition) is 0. The van der Waals surface area contributed by atoms with E-state index in [1.807, 2.05) is 16.5 Å². The molecule has 2 aliphatic carbocycles. The summed E-state index contributed by atoms with van der Waals surface area (Å²) in [5, 5.41) is 9.19. The number of thioether (sulfide) groups is 1. The van der Waals surface area contributed by atoms with E-state index in [1.54, 1.807) is 0 Å². The molecule has 2 saturated carbocycles. The number of carbonyl (C=O) groups is 1. The van der Waals surface area contributed by atoms with E-state index in [0.717, 1.165) is 23.8 Å². The monoisotopic (exact) mass is 370 g/mol. The van der Waals surface area contributed by atoms with Crippen molar-refractivity contribution >= 4 is 27.5 Å². The summed E-state index contributed by atoms with van der Waals surface area (Å²) < 4.78 is 25.5. The Morgan fingerprint density at radius 1 is 1.21 bits per heavy atom. The number of carbonyl (C=O) groups excluding carboxylic acids is 1. The molecule has 1 saturated heterocycles. The average Bonchev–Trinajstić information content (AvgIpc) is 3.43. The number of amides is 1. The van der Waals surface area contributed by atoms with Crippen LogP contribution >= 0.6 is 11.8 Å². The van der Waals surface area contributed by atoms with E-state index in [-0.39, 0.29) is 29.5 Å². The molecular weight excluding hydrogens is 348 g/mol. The van der Waals surface area contributed by atoms with Gasteiger partial charge in [0.05, 0.1) is 17.3 Å². The third kappa shape index (κ3) is 3.33. The summed E-state index contributed by atoms with van der Waals surface area (Å²) in [7, 11) is -1.03. The van der Waals surface area contributed by atoms with Crippen LogP contribution in [-0.2, 0) is 21.7 Å². The number of rotatable bonds is 6. The largest absolute Gasteiger partial charge is 0.335 e. The van der Waals surface area contributed by atoms with Gasteiger partial charge in [0.25, 0.3) is 0 Å². The molecule has 2 heterocycles. The van der Waals surface area contributed by atoms with Crippen molar-refractivity contribution in [2.24, 2.45) is 7.05 Å². The zero-order valence-electron chi connectivity index (χ0n) is 13.7. The average molecular weight is 371 g/mol. The maximum Gasteiger partial charge on any atom is 0.233 e. The molecular formula is C15H22N4O3S2. The zero-order chi connectivity index (χ0) is 16.9. The van der Waals surface area contributed by atoms with Crippen LogP contribution in [0, 0.1) is 0 Å². The SMILES string of the molecule is Cn1c(SCC(=O)N(C2CC2)[C@H]2CCS(=O)(=O)C2)nnc1C1CC1. The molecule has 0 unspecified atom stereocenters. The summed E-state index contributed by atoms with van der Waals surface area (Å²) in [5.74, 6) is 2.18.